The van der Waals surface area contributed by atoms with E-state index in [-0.39, 0.29) is 0 Å². The Kier molecular flexibility index (Phi) is 1.24. The van der Waals surface area contributed by atoms with Crippen molar-refractivity contribution in [3.8, 4) is 0 Å². The molecule has 0 unspecified atom stereocenters. The molecule has 0 aromatic carbocycles. The van der Waals surface area contributed by atoms with Crippen molar-refractivity contribution in [3.63, 3.8) is 0 Å². The molecule has 2 heterocycles. The predicted octanol–water partition coefficient (Wildman–Crippen LogP) is 0.663. The third-order valence-electron chi connectivity index (χ3n) is 1.91. The van der Waals surface area contributed by atoms with E-state index in [0.717, 1.165) is 25.3 Å². The van der Waals surface area contributed by atoms with Gasteiger partial charge in [0.15, 0.2) is 5.76 Å². The van der Waals surface area contributed by atoms with Gasteiger partial charge in [-0.2, -0.15) is 0 Å². The lowest BCUT2D eigenvalue weighted by atomic mass is 10.1. The summed E-state index contributed by atoms with van der Waals surface area (Å²) in [6.45, 7) is 2.03. The van der Waals surface area contributed by atoms with Crippen molar-refractivity contribution in [1.82, 2.24) is 10.1 Å². The minimum Gasteiger partial charge on any atom is -0.360 e. The largest absolute Gasteiger partial charge is 0.360 e. The lowest BCUT2D eigenvalue weighted by Gasteiger charge is -2.19. The molecule has 0 radical (unpaired) electrons. The zero-order chi connectivity index (χ0) is 6.97. The van der Waals surface area contributed by atoms with E-state index in [1.165, 1.54) is 5.56 Å². The second-order valence-electron chi connectivity index (χ2n) is 2.76. The fourth-order valence-corrected chi connectivity index (χ4v) is 1.25. The topological polar surface area (TPSA) is 29.3 Å². The second-order valence-corrected chi connectivity index (χ2v) is 2.76. The first-order valence-electron chi connectivity index (χ1n) is 3.47. The Balaban J connectivity index is 2.30. The first-order valence-corrected chi connectivity index (χ1v) is 3.47. The smallest absolute Gasteiger partial charge is 0.153 e. The summed E-state index contributed by atoms with van der Waals surface area (Å²) >= 11 is 0. The van der Waals surface area contributed by atoms with Crippen LogP contribution in [0.5, 0.6) is 0 Å². The van der Waals surface area contributed by atoms with Crippen LogP contribution in [0, 0.1) is 0 Å². The summed E-state index contributed by atoms with van der Waals surface area (Å²) in [5, 5.41) is 3.74. The number of rotatable bonds is 0. The molecule has 0 saturated carbocycles. The Morgan fingerprint density at radius 1 is 1.70 bits per heavy atom. The van der Waals surface area contributed by atoms with Gasteiger partial charge in [-0.1, -0.05) is 5.16 Å². The molecule has 0 bridgehead atoms. The average molecular weight is 138 g/mol. The monoisotopic (exact) mass is 138 g/mol. The molecule has 0 N–H and O–H groups in total. The first kappa shape index (κ1) is 5.92. The molecule has 0 saturated heterocycles. The van der Waals surface area contributed by atoms with E-state index in [9.17, 15) is 0 Å². The van der Waals surface area contributed by atoms with Gasteiger partial charge in [0.05, 0.1) is 12.7 Å². The molecule has 3 nitrogen and oxygen atoms in total. The Bertz CT molecular complexity index is 231. The summed E-state index contributed by atoms with van der Waals surface area (Å²) < 4.78 is 5.03. The molecule has 10 heavy (non-hydrogen) atoms. The summed E-state index contributed by atoms with van der Waals surface area (Å²) in [4.78, 5) is 2.23. The van der Waals surface area contributed by atoms with Crippen LogP contribution in [-0.4, -0.2) is 23.6 Å². The molecule has 1 aromatic heterocycles. The van der Waals surface area contributed by atoms with Crippen molar-refractivity contribution >= 4 is 0 Å². The van der Waals surface area contributed by atoms with E-state index < -0.39 is 0 Å². The van der Waals surface area contributed by atoms with Crippen LogP contribution in [0.15, 0.2) is 10.7 Å². The van der Waals surface area contributed by atoms with Gasteiger partial charge in [0.1, 0.15) is 0 Å². The zero-order valence-electron chi connectivity index (χ0n) is 6.00. The van der Waals surface area contributed by atoms with Gasteiger partial charge in [-0.15, -0.1) is 0 Å². The van der Waals surface area contributed by atoms with Gasteiger partial charge in [-0.3, -0.25) is 4.90 Å². The molecule has 0 spiro atoms. The fraction of sp³-hybridized carbons (Fsp3) is 0.571. The highest BCUT2D eigenvalue weighted by molar-refractivity contribution is 5.15. The van der Waals surface area contributed by atoms with Crippen LogP contribution in [0.25, 0.3) is 0 Å². The second kappa shape index (κ2) is 2.09. The number of likely N-dealkylation sites (N-methyl/N-ethyl adjacent to an activating group) is 1. The van der Waals surface area contributed by atoms with Crippen LogP contribution < -0.4 is 0 Å². The van der Waals surface area contributed by atoms with Crippen molar-refractivity contribution in [2.24, 2.45) is 0 Å². The van der Waals surface area contributed by atoms with E-state index in [2.05, 4.69) is 17.1 Å². The lowest BCUT2D eigenvalue weighted by molar-refractivity contribution is 0.257. The van der Waals surface area contributed by atoms with Crippen LogP contribution in [-0.2, 0) is 13.0 Å². The third-order valence-corrected chi connectivity index (χ3v) is 1.91. The van der Waals surface area contributed by atoms with Gasteiger partial charge < -0.3 is 4.52 Å². The minimum absolute atomic E-state index is 0.912. The highest BCUT2D eigenvalue weighted by atomic mass is 16.5. The Hall–Kier alpha value is -0.830. The van der Waals surface area contributed by atoms with Crippen molar-refractivity contribution in [3.05, 3.63) is 17.5 Å². The minimum atomic E-state index is 0.912. The molecule has 1 aliphatic heterocycles. The summed E-state index contributed by atoms with van der Waals surface area (Å²) in [6, 6.07) is 0. The zero-order valence-corrected chi connectivity index (χ0v) is 6.00. The van der Waals surface area contributed by atoms with E-state index in [0.29, 0.717) is 0 Å². The van der Waals surface area contributed by atoms with Gasteiger partial charge in [0, 0.05) is 12.1 Å². The molecule has 0 atom stereocenters. The summed E-state index contributed by atoms with van der Waals surface area (Å²) in [6.07, 6.45) is 2.90. The average Bonchev–Trinajstić information content (AvgIpc) is 2.33. The van der Waals surface area contributed by atoms with Gasteiger partial charge >= 0.3 is 0 Å². The van der Waals surface area contributed by atoms with Crippen molar-refractivity contribution < 1.29 is 4.52 Å². The Morgan fingerprint density at radius 3 is 3.50 bits per heavy atom. The quantitative estimate of drug-likeness (QED) is 0.527. The molecule has 1 aromatic rings. The van der Waals surface area contributed by atoms with Crippen LogP contribution >= 0.6 is 0 Å². The Labute approximate surface area is 59.6 Å². The maximum Gasteiger partial charge on any atom is 0.153 e. The van der Waals surface area contributed by atoms with Gasteiger partial charge in [-0.05, 0) is 13.5 Å². The van der Waals surface area contributed by atoms with Gasteiger partial charge in [0.25, 0.3) is 0 Å². The highest BCUT2D eigenvalue weighted by Gasteiger charge is 2.15. The standard InChI is InChI=1S/C7H10N2O/c1-9-3-2-6-4-8-10-7(6)5-9/h4H,2-3,5H2,1H3. The third kappa shape index (κ3) is 0.827. The SMILES string of the molecule is CN1CCc2cnoc2C1. The fourth-order valence-electron chi connectivity index (χ4n) is 1.25. The molecule has 0 aliphatic carbocycles. The normalized spacial score (nSPS) is 18.9. The summed E-state index contributed by atoms with van der Waals surface area (Å²) in [5.41, 5.74) is 1.28. The van der Waals surface area contributed by atoms with Crippen molar-refractivity contribution in [2.45, 2.75) is 13.0 Å². The molecule has 1 aliphatic rings. The number of hydrogen-bond acceptors (Lipinski definition) is 3. The molecule has 54 valence electrons. The van der Waals surface area contributed by atoms with Crippen LogP contribution in [0.4, 0.5) is 0 Å². The van der Waals surface area contributed by atoms with Crippen molar-refractivity contribution in [2.75, 3.05) is 13.6 Å². The summed E-state index contributed by atoms with van der Waals surface area (Å²) in [5.74, 6) is 1.04. The maximum atomic E-state index is 5.03. The Morgan fingerprint density at radius 2 is 2.60 bits per heavy atom. The van der Waals surface area contributed by atoms with E-state index >= 15 is 0 Å². The molecule has 0 amide bonds. The molecular formula is C7H10N2O. The molecule has 0 fully saturated rings. The van der Waals surface area contributed by atoms with Gasteiger partial charge in [0.2, 0.25) is 0 Å². The molecular weight excluding hydrogens is 128 g/mol. The lowest BCUT2D eigenvalue weighted by Crippen LogP contribution is -2.25. The first-order chi connectivity index (χ1) is 4.86. The van der Waals surface area contributed by atoms with Crippen LogP contribution in [0.1, 0.15) is 11.3 Å². The molecule has 2 rings (SSSR count). The number of fused-ring (bicyclic) bond motifs is 1. The number of aromatic nitrogens is 1. The number of hydrogen-bond donors (Lipinski definition) is 0. The maximum absolute atomic E-state index is 5.03. The summed E-state index contributed by atoms with van der Waals surface area (Å²) in [7, 11) is 2.09. The van der Waals surface area contributed by atoms with Crippen LogP contribution in [0.3, 0.4) is 0 Å². The van der Waals surface area contributed by atoms with E-state index in [1.54, 1.807) is 0 Å². The predicted molar refractivity (Wildman–Crippen MR) is 36.5 cm³/mol. The molecule has 3 heteroatoms. The van der Waals surface area contributed by atoms with Crippen molar-refractivity contribution in [1.29, 1.82) is 0 Å². The van der Waals surface area contributed by atoms with Gasteiger partial charge in [-0.25, -0.2) is 0 Å². The van der Waals surface area contributed by atoms with E-state index in [4.69, 9.17) is 4.52 Å². The van der Waals surface area contributed by atoms with E-state index in [1.807, 2.05) is 6.20 Å². The number of nitrogens with zero attached hydrogens (tertiary/aromatic N) is 2. The highest BCUT2D eigenvalue weighted by Crippen LogP contribution is 2.15. The van der Waals surface area contributed by atoms with Crippen LogP contribution in [0.2, 0.25) is 0 Å².